The third-order valence-corrected chi connectivity index (χ3v) is 8.44. The van der Waals surface area contributed by atoms with E-state index in [2.05, 4.69) is 104 Å². The second kappa shape index (κ2) is 9.73. The van der Waals surface area contributed by atoms with Gasteiger partial charge in [-0.25, -0.2) is 0 Å². The zero-order chi connectivity index (χ0) is 22.6. The van der Waals surface area contributed by atoms with Crippen LogP contribution in [0.1, 0.15) is 91.3 Å². The van der Waals surface area contributed by atoms with Crippen molar-refractivity contribution >= 4 is 17.5 Å². The Hall–Kier alpha value is -1.54. The number of thioether (sulfide) groups is 1. The third-order valence-electron chi connectivity index (χ3n) is 7.10. The van der Waals surface area contributed by atoms with Gasteiger partial charge in [-0.15, -0.1) is 11.8 Å². The van der Waals surface area contributed by atoms with E-state index in [1.54, 1.807) is 0 Å². The maximum atomic E-state index is 12.8. The molecule has 0 spiro atoms. The lowest BCUT2D eigenvalue weighted by Gasteiger charge is -2.28. The highest BCUT2D eigenvalue weighted by atomic mass is 32.2. The van der Waals surface area contributed by atoms with Crippen LogP contribution in [0.5, 0.6) is 0 Å². The SMILES string of the molecule is CCC(C)(C)Sc1ccc(C(C)(C)c2ccc(CC(=O)C(C)(CC)CC)cc2)cc1. The van der Waals surface area contributed by atoms with Gasteiger partial charge in [0.05, 0.1) is 0 Å². The molecule has 0 fully saturated rings. The summed E-state index contributed by atoms with van der Waals surface area (Å²) in [6.45, 7) is 17.7. The first kappa shape index (κ1) is 24.7. The van der Waals surface area contributed by atoms with Crippen molar-refractivity contribution in [2.75, 3.05) is 0 Å². The number of hydrogen-bond donors (Lipinski definition) is 0. The van der Waals surface area contributed by atoms with E-state index in [0.29, 0.717) is 12.2 Å². The molecular weight excluding hydrogens is 384 g/mol. The van der Waals surface area contributed by atoms with E-state index < -0.39 is 0 Å². The molecule has 2 rings (SSSR count). The Kier molecular flexibility index (Phi) is 8.02. The molecule has 0 N–H and O–H groups in total. The molecule has 0 atom stereocenters. The predicted molar refractivity (Wildman–Crippen MR) is 133 cm³/mol. The highest BCUT2D eigenvalue weighted by Gasteiger charge is 2.29. The average Bonchev–Trinajstić information content (AvgIpc) is 2.73. The molecule has 0 saturated carbocycles. The van der Waals surface area contributed by atoms with Gasteiger partial charge in [0.25, 0.3) is 0 Å². The number of benzene rings is 2. The van der Waals surface area contributed by atoms with Gasteiger partial charge in [-0.3, -0.25) is 4.79 Å². The van der Waals surface area contributed by atoms with Crippen molar-refractivity contribution < 1.29 is 4.79 Å². The van der Waals surface area contributed by atoms with E-state index in [1.165, 1.54) is 16.0 Å². The van der Waals surface area contributed by atoms with E-state index in [9.17, 15) is 4.79 Å². The fourth-order valence-electron chi connectivity index (χ4n) is 3.58. The largest absolute Gasteiger partial charge is 0.299 e. The van der Waals surface area contributed by atoms with Crippen molar-refractivity contribution in [3.05, 3.63) is 65.2 Å². The van der Waals surface area contributed by atoms with E-state index in [1.807, 2.05) is 11.8 Å². The molecule has 0 aliphatic rings. The second-order valence-electron chi connectivity index (χ2n) is 9.93. The van der Waals surface area contributed by atoms with Gasteiger partial charge < -0.3 is 0 Å². The van der Waals surface area contributed by atoms with Crippen LogP contribution in [0.3, 0.4) is 0 Å². The van der Waals surface area contributed by atoms with Crippen LogP contribution in [-0.2, 0) is 16.6 Å². The molecule has 0 bridgehead atoms. The number of carbonyl (C=O) groups is 1. The maximum Gasteiger partial charge on any atom is 0.143 e. The second-order valence-corrected chi connectivity index (χ2v) is 11.7. The van der Waals surface area contributed by atoms with Gasteiger partial charge >= 0.3 is 0 Å². The molecule has 0 aliphatic carbocycles. The van der Waals surface area contributed by atoms with Crippen molar-refractivity contribution in [3.63, 3.8) is 0 Å². The van der Waals surface area contributed by atoms with Crippen LogP contribution in [0.15, 0.2) is 53.4 Å². The molecule has 30 heavy (non-hydrogen) atoms. The smallest absolute Gasteiger partial charge is 0.143 e. The summed E-state index contributed by atoms with van der Waals surface area (Å²) >= 11 is 1.94. The minimum atomic E-state index is -0.204. The van der Waals surface area contributed by atoms with Gasteiger partial charge in [-0.1, -0.05) is 91.8 Å². The molecule has 0 radical (unpaired) electrons. The molecule has 0 aliphatic heterocycles. The lowest BCUT2D eigenvalue weighted by molar-refractivity contribution is -0.127. The van der Waals surface area contributed by atoms with Crippen LogP contribution in [0.2, 0.25) is 0 Å². The van der Waals surface area contributed by atoms with Crippen LogP contribution in [-0.4, -0.2) is 10.5 Å². The van der Waals surface area contributed by atoms with E-state index >= 15 is 0 Å². The number of rotatable bonds is 10. The fraction of sp³-hybridized carbons (Fsp3) is 0.536. The first-order valence-electron chi connectivity index (χ1n) is 11.4. The molecule has 0 unspecified atom stereocenters. The standard InChI is InChI=1S/C28H40OS/c1-9-26(4,5)30-24-18-16-23(17-19-24)27(6,7)22-14-12-21(13-15-22)20-25(29)28(8,10-2)11-3/h12-19H,9-11,20H2,1-8H3. The van der Waals surface area contributed by atoms with E-state index in [4.69, 9.17) is 0 Å². The minimum absolute atomic E-state index is 0.0760. The Morgan fingerprint density at radius 3 is 1.63 bits per heavy atom. The van der Waals surface area contributed by atoms with Crippen LogP contribution in [0.25, 0.3) is 0 Å². The monoisotopic (exact) mass is 424 g/mol. The molecule has 164 valence electrons. The quantitative estimate of drug-likeness (QED) is 0.357. The van der Waals surface area contributed by atoms with Gasteiger partial charge in [-0.2, -0.15) is 0 Å². The molecular formula is C28H40OS. The van der Waals surface area contributed by atoms with Crippen LogP contribution in [0, 0.1) is 5.41 Å². The Balaban J connectivity index is 2.16. The van der Waals surface area contributed by atoms with Crippen molar-refractivity contribution in [2.24, 2.45) is 5.41 Å². The first-order chi connectivity index (χ1) is 14.0. The van der Waals surface area contributed by atoms with Crippen LogP contribution < -0.4 is 0 Å². The molecule has 2 aromatic carbocycles. The van der Waals surface area contributed by atoms with Crippen LogP contribution in [0.4, 0.5) is 0 Å². The molecule has 0 heterocycles. The van der Waals surface area contributed by atoms with Gasteiger partial charge in [-0.05, 0) is 48.1 Å². The van der Waals surface area contributed by atoms with Crippen molar-refractivity contribution in [2.45, 2.75) is 96.1 Å². The highest BCUT2D eigenvalue weighted by Crippen LogP contribution is 2.37. The van der Waals surface area contributed by atoms with E-state index in [-0.39, 0.29) is 15.6 Å². The number of ketones is 1. The van der Waals surface area contributed by atoms with Crippen molar-refractivity contribution in [3.8, 4) is 0 Å². The molecule has 1 nitrogen and oxygen atoms in total. The Morgan fingerprint density at radius 2 is 1.20 bits per heavy atom. The lowest BCUT2D eigenvalue weighted by atomic mass is 9.76. The molecule has 0 saturated heterocycles. The summed E-state index contributed by atoms with van der Waals surface area (Å²) in [6, 6.07) is 17.7. The Labute approximate surface area is 189 Å². The van der Waals surface area contributed by atoms with Crippen molar-refractivity contribution in [1.82, 2.24) is 0 Å². The zero-order valence-corrected chi connectivity index (χ0v) is 21.1. The third kappa shape index (κ3) is 5.78. The minimum Gasteiger partial charge on any atom is -0.299 e. The molecule has 2 aromatic rings. The Morgan fingerprint density at radius 1 is 0.733 bits per heavy atom. The first-order valence-corrected chi connectivity index (χ1v) is 12.2. The summed E-state index contributed by atoms with van der Waals surface area (Å²) in [6.07, 6.45) is 3.47. The fourth-order valence-corrected chi connectivity index (χ4v) is 4.63. The van der Waals surface area contributed by atoms with Crippen molar-refractivity contribution in [1.29, 1.82) is 0 Å². The summed E-state index contributed by atoms with van der Waals surface area (Å²) in [5, 5.41) is 0. The van der Waals surface area contributed by atoms with E-state index in [0.717, 1.165) is 24.8 Å². The topological polar surface area (TPSA) is 17.1 Å². The summed E-state index contributed by atoms with van der Waals surface area (Å²) < 4.78 is 0.260. The number of hydrogen-bond acceptors (Lipinski definition) is 2. The van der Waals surface area contributed by atoms with Gasteiger partial charge in [0.2, 0.25) is 0 Å². The van der Waals surface area contributed by atoms with Crippen LogP contribution >= 0.6 is 11.8 Å². The summed E-state index contributed by atoms with van der Waals surface area (Å²) in [4.78, 5) is 14.1. The average molecular weight is 425 g/mol. The predicted octanol–water partition coefficient (Wildman–Crippen LogP) is 8.23. The molecule has 2 heteroatoms. The Bertz CT molecular complexity index is 824. The number of Topliss-reactive ketones (excluding diaryl/α,β-unsaturated/α-hetero) is 1. The summed E-state index contributed by atoms with van der Waals surface area (Å²) in [5.74, 6) is 0.350. The summed E-state index contributed by atoms with van der Waals surface area (Å²) in [5.41, 5.74) is 3.43. The lowest BCUT2D eigenvalue weighted by Crippen LogP contribution is -2.28. The number of carbonyl (C=O) groups excluding carboxylic acids is 1. The van der Waals surface area contributed by atoms with Gasteiger partial charge in [0, 0.05) is 26.9 Å². The maximum absolute atomic E-state index is 12.8. The normalized spacial score (nSPS) is 12.8. The van der Waals surface area contributed by atoms with Gasteiger partial charge in [0.15, 0.2) is 0 Å². The molecule has 0 amide bonds. The summed E-state index contributed by atoms with van der Waals surface area (Å²) in [7, 11) is 0. The zero-order valence-electron chi connectivity index (χ0n) is 20.3. The molecule has 0 aromatic heterocycles. The van der Waals surface area contributed by atoms with Gasteiger partial charge in [0.1, 0.15) is 5.78 Å². The highest BCUT2D eigenvalue weighted by molar-refractivity contribution is 8.00.